The van der Waals surface area contributed by atoms with Crippen LogP contribution in [0.5, 0.6) is 0 Å². The number of carbonyl (C=O) groups excluding carboxylic acids is 1. The summed E-state index contributed by atoms with van der Waals surface area (Å²) in [7, 11) is 0. The van der Waals surface area contributed by atoms with Gasteiger partial charge in [0.05, 0.1) is 11.1 Å². The molecule has 1 spiro atoms. The summed E-state index contributed by atoms with van der Waals surface area (Å²) < 4.78 is 6.01. The fourth-order valence-electron chi connectivity index (χ4n) is 4.04. The van der Waals surface area contributed by atoms with Gasteiger partial charge in [-0.05, 0) is 57.3 Å². The van der Waals surface area contributed by atoms with E-state index in [4.69, 9.17) is 4.74 Å². The third kappa shape index (κ3) is 3.08. The average Bonchev–Trinajstić information content (AvgIpc) is 2.60. The minimum absolute atomic E-state index is 0.111. The molecule has 2 aliphatic heterocycles. The van der Waals surface area contributed by atoms with E-state index in [0.29, 0.717) is 18.6 Å². The molecule has 2 saturated heterocycles. The van der Waals surface area contributed by atoms with E-state index in [2.05, 4.69) is 10.6 Å². The molecule has 5 nitrogen and oxygen atoms in total. The molecule has 5 heteroatoms. The van der Waals surface area contributed by atoms with Crippen molar-refractivity contribution >= 4 is 5.91 Å². The lowest BCUT2D eigenvalue weighted by Crippen LogP contribution is -2.69. The number of nitrogens with one attached hydrogen (secondary N) is 2. The van der Waals surface area contributed by atoms with Crippen LogP contribution in [0.2, 0.25) is 0 Å². The standard InChI is InChI=1S/C19H28N2O3/c1-3-14-6-4-5-7-15(14)16(22)21-18(2)10-13-24-19(17(18)23)8-11-20-12-9-19/h4-7,17,20,23H,3,8-13H2,1-2H3,(H,21,22)/t17-,18+/m0/s1. The highest BCUT2D eigenvalue weighted by Gasteiger charge is 2.53. The number of ether oxygens (including phenoxy) is 1. The summed E-state index contributed by atoms with van der Waals surface area (Å²) in [4.78, 5) is 12.8. The molecular formula is C19H28N2O3. The van der Waals surface area contributed by atoms with Crippen molar-refractivity contribution in [3.05, 3.63) is 35.4 Å². The summed E-state index contributed by atoms with van der Waals surface area (Å²) in [5.41, 5.74) is 0.500. The number of aliphatic hydroxyl groups is 1. The zero-order chi connectivity index (χ0) is 17.2. The van der Waals surface area contributed by atoms with Crippen LogP contribution in [-0.2, 0) is 11.2 Å². The van der Waals surface area contributed by atoms with Crippen molar-refractivity contribution in [1.29, 1.82) is 0 Å². The van der Waals surface area contributed by atoms with Crippen LogP contribution in [0.25, 0.3) is 0 Å². The summed E-state index contributed by atoms with van der Waals surface area (Å²) in [5, 5.41) is 17.5. The SMILES string of the molecule is CCc1ccccc1C(=O)N[C@]1(C)CCOC2(CCNCC2)[C@H]1O. The molecule has 1 aromatic carbocycles. The minimum atomic E-state index is -0.710. The average molecular weight is 332 g/mol. The van der Waals surface area contributed by atoms with Gasteiger partial charge in [0.2, 0.25) is 0 Å². The molecule has 3 N–H and O–H groups in total. The second-order valence-electron chi connectivity index (χ2n) is 7.20. The summed E-state index contributed by atoms with van der Waals surface area (Å²) in [6.07, 6.45) is 2.25. The highest BCUT2D eigenvalue weighted by Crippen LogP contribution is 2.38. The number of carbonyl (C=O) groups is 1. The number of rotatable bonds is 3. The smallest absolute Gasteiger partial charge is 0.252 e. The number of hydrogen-bond donors (Lipinski definition) is 3. The van der Waals surface area contributed by atoms with Crippen LogP contribution < -0.4 is 10.6 Å². The molecular weight excluding hydrogens is 304 g/mol. The van der Waals surface area contributed by atoms with Crippen molar-refractivity contribution in [3.8, 4) is 0 Å². The lowest BCUT2D eigenvalue weighted by molar-refractivity contribution is -0.197. The molecule has 2 heterocycles. The zero-order valence-corrected chi connectivity index (χ0v) is 14.6. The maximum atomic E-state index is 12.8. The van der Waals surface area contributed by atoms with Gasteiger partial charge in [0.1, 0.15) is 6.10 Å². The van der Waals surface area contributed by atoms with E-state index >= 15 is 0 Å². The van der Waals surface area contributed by atoms with E-state index in [1.807, 2.05) is 38.1 Å². The molecule has 132 valence electrons. The van der Waals surface area contributed by atoms with Gasteiger partial charge in [-0.1, -0.05) is 25.1 Å². The summed E-state index contributed by atoms with van der Waals surface area (Å²) >= 11 is 0. The third-order valence-electron chi connectivity index (χ3n) is 5.60. The predicted molar refractivity (Wildman–Crippen MR) is 93.1 cm³/mol. The molecule has 2 aliphatic rings. The van der Waals surface area contributed by atoms with Gasteiger partial charge in [-0.2, -0.15) is 0 Å². The van der Waals surface area contributed by atoms with Crippen LogP contribution in [0.1, 0.15) is 49.0 Å². The van der Waals surface area contributed by atoms with Gasteiger partial charge in [0.15, 0.2) is 0 Å². The van der Waals surface area contributed by atoms with Crippen LogP contribution in [0.15, 0.2) is 24.3 Å². The van der Waals surface area contributed by atoms with Gasteiger partial charge in [-0.3, -0.25) is 4.79 Å². The van der Waals surface area contributed by atoms with Gasteiger partial charge in [-0.25, -0.2) is 0 Å². The molecule has 2 fully saturated rings. The second kappa shape index (κ2) is 6.82. The first-order valence-electron chi connectivity index (χ1n) is 8.94. The van der Waals surface area contributed by atoms with E-state index in [-0.39, 0.29) is 5.91 Å². The maximum Gasteiger partial charge on any atom is 0.252 e. The van der Waals surface area contributed by atoms with Crippen molar-refractivity contribution in [3.63, 3.8) is 0 Å². The van der Waals surface area contributed by atoms with E-state index in [1.165, 1.54) is 0 Å². The molecule has 0 bridgehead atoms. The molecule has 0 aromatic heterocycles. The molecule has 1 aromatic rings. The van der Waals surface area contributed by atoms with Gasteiger partial charge >= 0.3 is 0 Å². The number of aliphatic hydroxyl groups excluding tert-OH is 1. The van der Waals surface area contributed by atoms with Crippen molar-refractivity contribution in [2.45, 2.75) is 56.8 Å². The molecule has 0 saturated carbocycles. The topological polar surface area (TPSA) is 70.6 Å². The molecule has 0 radical (unpaired) electrons. The summed E-state index contributed by atoms with van der Waals surface area (Å²) in [5.74, 6) is -0.111. The van der Waals surface area contributed by atoms with Crippen molar-refractivity contribution in [1.82, 2.24) is 10.6 Å². The van der Waals surface area contributed by atoms with Crippen LogP contribution >= 0.6 is 0 Å². The Morgan fingerprint density at radius 1 is 1.33 bits per heavy atom. The van der Waals surface area contributed by atoms with Crippen molar-refractivity contribution in [2.75, 3.05) is 19.7 Å². The number of hydrogen-bond acceptors (Lipinski definition) is 4. The maximum absolute atomic E-state index is 12.8. The van der Waals surface area contributed by atoms with Crippen molar-refractivity contribution in [2.24, 2.45) is 0 Å². The summed E-state index contributed by atoms with van der Waals surface area (Å²) in [6, 6.07) is 7.66. The first-order chi connectivity index (χ1) is 11.5. The third-order valence-corrected chi connectivity index (χ3v) is 5.60. The fourth-order valence-corrected chi connectivity index (χ4v) is 4.04. The second-order valence-corrected chi connectivity index (χ2v) is 7.20. The minimum Gasteiger partial charge on any atom is -0.388 e. The zero-order valence-electron chi connectivity index (χ0n) is 14.6. The molecule has 0 unspecified atom stereocenters. The van der Waals surface area contributed by atoms with E-state index in [0.717, 1.165) is 37.9 Å². The van der Waals surface area contributed by atoms with E-state index < -0.39 is 17.2 Å². The molecule has 3 rings (SSSR count). The Balaban J connectivity index is 1.81. The summed E-state index contributed by atoms with van der Waals surface area (Å²) in [6.45, 7) is 6.21. The van der Waals surface area contributed by atoms with Crippen LogP contribution in [0.3, 0.4) is 0 Å². The lowest BCUT2D eigenvalue weighted by atomic mass is 9.73. The van der Waals surface area contributed by atoms with Gasteiger partial charge < -0.3 is 20.5 Å². The molecule has 24 heavy (non-hydrogen) atoms. The Labute approximate surface area is 143 Å². The Bertz CT molecular complexity index is 593. The number of benzene rings is 1. The van der Waals surface area contributed by atoms with Gasteiger partial charge in [0, 0.05) is 12.2 Å². The van der Waals surface area contributed by atoms with Crippen LogP contribution in [0, 0.1) is 0 Å². The molecule has 2 atom stereocenters. The number of piperidine rings is 1. The molecule has 1 amide bonds. The van der Waals surface area contributed by atoms with Crippen LogP contribution in [-0.4, -0.2) is 48.0 Å². The van der Waals surface area contributed by atoms with Crippen LogP contribution in [0.4, 0.5) is 0 Å². The van der Waals surface area contributed by atoms with E-state index in [9.17, 15) is 9.90 Å². The van der Waals surface area contributed by atoms with E-state index in [1.54, 1.807) is 0 Å². The fraction of sp³-hybridized carbons (Fsp3) is 0.632. The Hall–Kier alpha value is -1.43. The Kier molecular flexibility index (Phi) is 4.95. The molecule has 0 aliphatic carbocycles. The highest BCUT2D eigenvalue weighted by molar-refractivity contribution is 5.96. The van der Waals surface area contributed by atoms with Gasteiger partial charge in [-0.15, -0.1) is 0 Å². The first-order valence-corrected chi connectivity index (χ1v) is 8.94. The lowest BCUT2D eigenvalue weighted by Gasteiger charge is -2.52. The Morgan fingerprint density at radius 2 is 2.04 bits per heavy atom. The normalized spacial score (nSPS) is 29.4. The number of amides is 1. The predicted octanol–water partition coefficient (Wildman–Crippen LogP) is 1.64. The first kappa shape index (κ1) is 17.4. The Morgan fingerprint density at radius 3 is 2.75 bits per heavy atom. The van der Waals surface area contributed by atoms with Gasteiger partial charge in [0.25, 0.3) is 5.91 Å². The quantitative estimate of drug-likeness (QED) is 0.787. The van der Waals surface area contributed by atoms with Crippen molar-refractivity contribution < 1.29 is 14.6 Å². The monoisotopic (exact) mass is 332 g/mol. The largest absolute Gasteiger partial charge is 0.388 e. The number of aryl methyl sites for hydroxylation is 1. The highest BCUT2D eigenvalue weighted by atomic mass is 16.5.